The Balaban J connectivity index is 2.06. The largest absolute Gasteiger partial charge is 0.398 e. The number of likely N-dealkylation sites (tertiary alicyclic amines) is 1. The molecule has 1 aliphatic rings. The minimum atomic E-state index is 0.548. The molecule has 1 aromatic carbocycles. The molecule has 1 aromatic rings. The van der Waals surface area contributed by atoms with Crippen molar-refractivity contribution in [3.63, 3.8) is 0 Å². The van der Waals surface area contributed by atoms with Gasteiger partial charge in [-0.1, -0.05) is 26.0 Å². The van der Waals surface area contributed by atoms with Gasteiger partial charge in [-0.25, -0.2) is 0 Å². The molecular formula is C15H23BrN2. The van der Waals surface area contributed by atoms with E-state index in [4.69, 9.17) is 5.73 Å². The van der Waals surface area contributed by atoms with E-state index in [2.05, 4.69) is 40.7 Å². The topological polar surface area (TPSA) is 29.3 Å². The van der Waals surface area contributed by atoms with Crippen molar-refractivity contribution in [1.82, 2.24) is 4.90 Å². The third-order valence-electron chi connectivity index (χ3n) is 4.52. The number of anilines is 1. The van der Waals surface area contributed by atoms with E-state index in [9.17, 15) is 0 Å². The Hall–Kier alpha value is -0.540. The summed E-state index contributed by atoms with van der Waals surface area (Å²) in [6.45, 7) is 8.09. The molecular weight excluding hydrogens is 288 g/mol. The summed E-state index contributed by atoms with van der Waals surface area (Å²) < 4.78 is 1.07. The number of rotatable bonds is 4. The van der Waals surface area contributed by atoms with Crippen LogP contribution in [-0.2, 0) is 6.54 Å². The van der Waals surface area contributed by atoms with Crippen molar-refractivity contribution in [3.8, 4) is 0 Å². The summed E-state index contributed by atoms with van der Waals surface area (Å²) >= 11 is 3.60. The Bertz CT molecular complexity index is 413. The number of halogens is 1. The number of hydrogen-bond donors (Lipinski definition) is 1. The van der Waals surface area contributed by atoms with E-state index in [0.717, 1.165) is 16.7 Å². The highest BCUT2D eigenvalue weighted by molar-refractivity contribution is 9.10. The Kier molecular flexibility index (Phi) is 4.33. The Morgan fingerprint density at radius 2 is 2.06 bits per heavy atom. The highest BCUT2D eigenvalue weighted by Gasteiger charge is 2.34. The van der Waals surface area contributed by atoms with Gasteiger partial charge in [0.1, 0.15) is 0 Å². The second-order valence-electron chi connectivity index (χ2n) is 5.49. The predicted octanol–water partition coefficient (Wildman–Crippen LogP) is 4.04. The number of benzene rings is 1. The first kappa shape index (κ1) is 13.9. The normalized spacial score (nSPS) is 19.3. The van der Waals surface area contributed by atoms with Crippen LogP contribution in [0.25, 0.3) is 0 Å². The standard InChI is InChI=1S/C15H23BrN2/c1-3-15(4-2)8-9-18(11-15)10-12-6-5-7-13(17)14(12)16/h5-7H,3-4,8-11,17H2,1-2H3. The van der Waals surface area contributed by atoms with E-state index < -0.39 is 0 Å². The molecule has 3 heteroatoms. The van der Waals surface area contributed by atoms with Gasteiger partial charge in [-0.2, -0.15) is 0 Å². The summed E-state index contributed by atoms with van der Waals surface area (Å²) in [6.07, 6.45) is 3.91. The quantitative estimate of drug-likeness (QED) is 0.850. The molecule has 0 unspecified atom stereocenters. The monoisotopic (exact) mass is 310 g/mol. The van der Waals surface area contributed by atoms with Gasteiger partial charge in [0, 0.05) is 23.2 Å². The average molecular weight is 311 g/mol. The van der Waals surface area contributed by atoms with Gasteiger partial charge < -0.3 is 5.73 Å². The Labute approximate surface area is 119 Å². The summed E-state index contributed by atoms with van der Waals surface area (Å²) in [4.78, 5) is 2.56. The fraction of sp³-hybridized carbons (Fsp3) is 0.600. The van der Waals surface area contributed by atoms with Crippen LogP contribution in [0.1, 0.15) is 38.7 Å². The van der Waals surface area contributed by atoms with E-state index in [-0.39, 0.29) is 0 Å². The average Bonchev–Trinajstić information content (AvgIpc) is 2.79. The van der Waals surface area contributed by atoms with Crippen LogP contribution in [0.15, 0.2) is 22.7 Å². The maximum atomic E-state index is 5.94. The van der Waals surface area contributed by atoms with Crippen LogP contribution in [0.2, 0.25) is 0 Å². The van der Waals surface area contributed by atoms with E-state index in [0.29, 0.717) is 5.41 Å². The second kappa shape index (κ2) is 5.62. The Morgan fingerprint density at radius 3 is 2.67 bits per heavy atom. The number of nitrogens with zero attached hydrogens (tertiary/aromatic N) is 1. The van der Waals surface area contributed by atoms with Gasteiger partial charge in [0.15, 0.2) is 0 Å². The molecule has 0 amide bonds. The predicted molar refractivity (Wildman–Crippen MR) is 81.5 cm³/mol. The van der Waals surface area contributed by atoms with Crippen LogP contribution < -0.4 is 5.73 Å². The molecule has 0 spiro atoms. The van der Waals surface area contributed by atoms with E-state index in [1.165, 1.54) is 37.9 Å². The first-order valence-corrected chi connectivity index (χ1v) is 7.65. The molecule has 1 heterocycles. The molecule has 0 aliphatic carbocycles. The molecule has 100 valence electrons. The lowest BCUT2D eigenvalue weighted by molar-refractivity contribution is 0.236. The zero-order chi connectivity index (χ0) is 13.2. The fourth-order valence-electron chi connectivity index (χ4n) is 2.95. The van der Waals surface area contributed by atoms with Crippen LogP contribution in [0.5, 0.6) is 0 Å². The SMILES string of the molecule is CCC1(CC)CCN(Cc2cccc(N)c2Br)C1. The summed E-state index contributed by atoms with van der Waals surface area (Å²) in [5.41, 5.74) is 8.62. The van der Waals surface area contributed by atoms with E-state index in [1.54, 1.807) is 0 Å². The van der Waals surface area contributed by atoms with Crippen LogP contribution in [0, 0.1) is 5.41 Å². The number of hydrogen-bond acceptors (Lipinski definition) is 2. The lowest BCUT2D eigenvalue weighted by Gasteiger charge is -2.26. The van der Waals surface area contributed by atoms with Crippen molar-refractivity contribution in [2.75, 3.05) is 18.8 Å². The smallest absolute Gasteiger partial charge is 0.0461 e. The number of nitrogen functional groups attached to an aromatic ring is 1. The zero-order valence-electron chi connectivity index (χ0n) is 11.4. The fourth-order valence-corrected chi connectivity index (χ4v) is 3.34. The van der Waals surface area contributed by atoms with Gasteiger partial charge in [0.2, 0.25) is 0 Å². The molecule has 0 aromatic heterocycles. The van der Waals surface area contributed by atoms with Crippen LogP contribution in [0.3, 0.4) is 0 Å². The van der Waals surface area contributed by atoms with E-state index >= 15 is 0 Å². The lowest BCUT2D eigenvalue weighted by Crippen LogP contribution is -2.26. The van der Waals surface area contributed by atoms with Gasteiger partial charge in [-0.15, -0.1) is 0 Å². The molecule has 0 saturated carbocycles. The molecule has 1 saturated heterocycles. The maximum Gasteiger partial charge on any atom is 0.0461 e. The molecule has 0 atom stereocenters. The highest BCUT2D eigenvalue weighted by atomic mass is 79.9. The first-order chi connectivity index (χ1) is 8.60. The Morgan fingerprint density at radius 1 is 1.33 bits per heavy atom. The van der Waals surface area contributed by atoms with Gasteiger partial charge in [0.05, 0.1) is 0 Å². The van der Waals surface area contributed by atoms with Crippen molar-refractivity contribution >= 4 is 21.6 Å². The minimum Gasteiger partial charge on any atom is -0.398 e. The van der Waals surface area contributed by atoms with Gasteiger partial charge >= 0.3 is 0 Å². The van der Waals surface area contributed by atoms with Crippen molar-refractivity contribution in [2.45, 2.75) is 39.7 Å². The summed E-state index contributed by atoms with van der Waals surface area (Å²) in [7, 11) is 0. The molecule has 2 rings (SSSR count). The van der Waals surface area contributed by atoms with Crippen molar-refractivity contribution in [1.29, 1.82) is 0 Å². The van der Waals surface area contributed by atoms with Gasteiger partial charge in [0.25, 0.3) is 0 Å². The van der Waals surface area contributed by atoms with Gasteiger partial charge in [-0.3, -0.25) is 4.90 Å². The molecule has 0 bridgehead atoms. The maximum absolute atomic E-state index is 5.94. The molecule has 0 radical (unpaired) electrons. The summed E-state index contributed by atoms with van der Waals surface area (Å²) in [5, 5.41) is 0. The van der Waals surface area contributed by atoms with Gasteiger partial charge in [-0.05, 0) is 58.8 Å². The van der Waals surface area contributed by atoms with Crippen molar-refractivity contribution in [3.05, 3.63) is 28.2 Å². The van der Waals surface area contributed by atoms with E-state index in [1.807, 2.05) is 12.1 Å². The summed E-state index contributed by atoms with van der Waals surface area (Å²) in [6, 6.07) is 6.15. The first-order valence-electron chi connectivity index (χ1n) is 6.85. The molecule has 1 fully saturated rings. The molecule has 2 nitrogen and oxygen atoms in total. The molecule has 18 heavy (non-hydrogen) atoms. The number of nitrogens with two attached hydrogens (primary N) is 1. The third kappa shape index (κ3) is 2.72. The van der Waals surface area contributed by atoms with Crippen molar-refractivity contribution in [2.24, 2.45) is 5.41 Å². The molecule has 2 N–H and O–H groups in total. The van der Waals surface area contributed by atoms with Crippen LogP contribution in [-0.4, -0.2) is 18.0 Å². The lowest BCUT2D eigenvalue weighted by atomic mass is 9.82. The van der Waals surface area contributed by atoms with Crippen molar-refractivity contribution < 1.29 is 0 Å². The summed E-state index contributed by atoms with van der Waals surface area (Å²) in [5.74, 6) is 0. The minimum absolute atomic E-state index is 0.548. The second-order valence-corrected chi connectivity index (χ2v) is 6.28. The van der Waals surface area contributed by atoms with Crippen LogP contribution in [0.4, 0.5) is 5.69 Å². The zero-order valence-corrected chi connectivity index (χ0v) is 13.0. The van der Waals surface area contributed by atoms with Crippen LogP contribution >= 0.6 is 15.9 Å². The third-order valence-corrected chi connectivity index (χ3v) is 5.49. The highest BCUT2D eigenvalue weighted by Crippen LogP contribution is 2.38. The molecule has 1 aliphatic heterocycles.